The first-order chi connectivity index (χ1) is 17.7. The Morgan fingerprint density at radius 2 is 1.78 bits per heavy atom. The summed E-state index contributed by atoms with van der Waals surface area (Å²) in [6.45, 7) is 9.00. The zero-order valence-electron chi connectivity index (χ0n) is 22.3. The van der Waals surface area contributed by atoms with Crippen LogP contribution in [0.1, 0.15) is 57.7 Å². The average Bonchev–Trinajstić information content (AvgIpc) is 3.29. The van der Waals surface area contributed by atoms with Gasteiger partial charge in [-0.05, 0) is 30.5 Å². The van der Waals surface area contributed by atoms with Gasteiger partial charge in [-0.25, -0.2) is 4.68 Å². The Morgan fingerprint density at radius 3 is 2.41 bits per heavy atom. The third-order valence-electron chi connectivity index (χ3n) is 6.16. The standard InChI is InChI=1S/C29H37ClN4O3/c1-6-22(21-13-8-7-9-14-21)28(36)33(17-12-18-37-5)20-27(35)31-26-19-25(29(2,3)4)32-34(26)24-16-11-10-15-23(24)30/h7-11,13-16,19,22H,6,12,17-18,20H2,1-5H3,(H,31,35). The lowest BCUT2D eigenvalue weighted by atomic mass is 9.92. The van der Waals surface area contributed by atoms with Crippen molar-refractivity contribution in [2.24, 2.45) is 0 Å². The fraction of sp³-hybridized carbons (Fsp3) is 0.414. The smallest absolute Gasteiger partial charge is 0.245 e. The molecule has 0 radical (unpaired) electrons. The summed E-state index contributed by atoms with van der Waals surface area (Å²) < 4.78 is 6.84. The molecule has 0 aliphatic carbocycles. The minimum absolute atomic E-state index is 0.0741. The summed E-state index contributed by atoms with van der Waals surface area (Å²) in [5.74, 6) is -0.197. The monoisotopic (exact) mass is 524 g/mol. The molecule has 0 saturated carbocycles. The number of carbonyl (C=O) groups excluding carboxylic acids is 2. The summed E-state index contributed by atoms with van der Waals surface area (Å²) in [7, 11) is 1.63. The summed E-state index contributed by atoms with van der Waals surface area (Å²) in [4.78, 5) is 28.5. The molecule has 3 aromatic rings. The van der Waals surface area contributed by atoms with Gasteiger partial charge in [-0.3, -0.25) is 9.59 Å². The van der Waals surface area contributed by atoms with E-state index >= 15 is 0 Å². The maximum atomic E-state index is 13.6. The highest BCUT2D eigenvalue weighted by Crippen LogP contribution is 2.29. The summed E-state index contributed by atoms with van der Waals surface area (Å²) in [5, 5.41) is 8.24. The van der Waals surface area contributed by atoms with Gasteiger partial charge in [-0.2, -0.15) is 5.10 Å². The van der Waals surface area contributed by atoms with Crippen LogP contribution < -0.4 is 5.32 Å². The van der Waals surface area contributed by atoms with Gasteiger partial charge in [-0.15, -0.1) is 0 Å². The first-order valence-corrected chi connectivity index (χ1v) is 13.0. The number of para-hydroxylation sites is 1. The Kier molecular flexibility index (Phi) is 9.89. The number of methoxy groups -OCH3 is 1. The van der Waals surface area contributed by atoms with Crippen LogP contribution in [0.15, 0.2) is 60.7 Å². The predicted molar refractivity (Wildman–Crippen MR) is 148 cm³/mol. The molecule has 37 heavy (non-hydrogen) atoms. The Morgan fingerprint density at radius 1 is 1.11 bits per heavy atom. The Bertz CT molecular complexity index is 1190. The van der Waals surface area contributed by atoms with Crippen molar-refractivity contribution in [3.63, 3.8) is 0 Å². The number of benzene rings is 2. The molecule has 7 nitrogen and oxygen atoms in total. The van der Waals surface area contributed by atoms with E-state index in [-0.39, 0.29) is 29.7 Å². The normalized spacial score (nSPS) is 12.3. The van der Waals surface area contributed by atoms with E-state index in [9.17, 15) is 9.59 Å². The molecule has 2 amide bonds. The molecule has 1 N–H and O–H groups in total. The van der Waals surface area contributed by atoms with Crippen molar-refractivity contribution in [2.45, 2.75) is 51.9 Å². The van der Waals surface area contributed by atoms with Gasteiger partial charge in [0.2, 0.25) is 11.8 Å². The van der Waals surface area contributed by atoms with Gasteiger partial charge in [0.15, 0.2) is 0 Å². The van der Waals surface area contributed by atoms with Crippen LogP contribution in [0.4, 0.5) is 5.82 Å². The minimum atomic E-state index is -0.322. The number of anilines is 1. The van der Waals surface area contributed by atoms with Crippen molar-refractivity contribution in [3.8, 4) is 5.69 Å². The van der Waals surface area contributed by atoms with Crippen LogP contribution in [0.25, 0.3) is 5.69 Å². The second-order valence-electron chi connectivity index (χ2n) is 10.1. The Labute approximate surface area is 224 Å². The fourth-order valence-corrected chi connectivity index (χ4v) is 4.34. The molecule has 1 aromatic heterocycles. The summed E-state index contributed by atoms with van der Waals surface area (Å²) in [5.41, 5.74) is 2.18. The zero-order valence-corrected chi connectivity index (χ0v) is 23.1. The first-order valence-electron chi connectivity index (χ1n) is 12.6. The minimum Gasteiger partial charge on any atom is -0.385 e. The molecule has 2 aromatic carbocycles. The maximum Gasteiger partial charge on any atom is 0.245 e. The highest BCUT2D eigenvalue weighted by atomic mass is 35.5. The lowest BCUT2D eigenvalue weighted by Crippen LogP contribution is -2.41. The number of halogens is 1. The van der Waals surface area contributed by atoms with Crippen molar-refractivity contribution in [1.29, 1.82) is 0 Å². The van der Waals surface area contributed by atoms with Crippen LogP contribution in [-0.2, 0) is 19.7 Å². The van der Waals surface area contributed by atoms with Crippen LogP contribution in [0.5, 0.6) is 0 Å². The molecule has 1 unspecified atom stereocenters. The summed E-state index contributed by atoms with van der Waals surface area (Å²) in [6, 6.07) is 18.9. The number of carbonyl (C=O) groups is 2. The van der Waals surface area contributed by atoms with E-state index in [1.54, 1.807) is 22.8 Å². The van der Waals surface area contributed by atoms with Gasteiger partial charge < -0.3 is 15.0 Å². The maximum absolute atomic E-state index is 13.6. The number of amides is 2. The van der Waals surface area contributed by atoms with Crippen molar-refractivity contribution < 1.29 is 14.3 Å². The fourth-order valence-electron chi connectivity index (χ4n) is 4.13. The molecule has 0 bridgehead atoms. The van der Waals surface area contributed by atoms with Crippen molar-refractivity contribution in [1.82, 2.24) is 14.7 Å². The number of aromatic nitrogens is 2. The van der Waals surface area contributed by atoms with Crippen LogP contribution >= 0.6 is 11.6 Å². The quantitative estimate of drug-likeness (QED) is 0.321. The third-order valence-corrected chi connectivity index (χ3v) is 6.48. The highest BCUT2D eigenvalue weighted by molar-refractivity contribution is 6.32. The molecule has 198 valence electrons. The number of rotatable bonds is 11. The molecule has 0 spiro atoms. The SMILES string of the molecule is CCC(C(=O)N(CCCOC)CC(=O)Nc1cc(C(C)(C)C)nn1-c1ccccc1Cl)c1ccccc1. The lowest BCUT2D eigenvalue weighted by Gasteiger charge is -2.27. The van der Waals surface area contributed by atoms with E-state index in [1.807, 2.05) is 61.5 Å². The van der Waals surface area contributed by atoms with Gasteiger partial charge in [0.25, 0.3) is 0 Å². The van der Waals surface area contributed by atoms with Gasteiger partial charge >= 0.3 is 0 Å². The molecular formula is C29H37ClN4O3. The van der Waals surface area contributed by atoms with E-state index in [0.717, 1.165) is 11.3 Å². The average molecular weight is 525 g/mol. The second kappa shape index (κ2) is 12.9. The number of hydrogen-bond donors (Lipinski definition) is 1. The molecule has 3 rings (SSSR count). The van der Waals surface area contributed by atoms with E-state index in [1.165, 1.54) is 0 Å². The number of ether oxygens (including phenoxy) is 1. The Balaban J connectivity index is 1.87. The van der Waals surface area contributed by atoms with Crippen molar-refractivity contribution >= 4 is 29.2 Å². The molecule has 0 aliphatic heterocycles. The topological polar surface area (TPSA) is 76.5 Å². The van der Waals surface area contributed by atoms with Crippen molar-refractivity contribution in [3.05, 3.63) is 76.9 Å². The van der Waals surface area contributed by atoms with Crippen LogP contribution in [0.3, 0.4) is 0 Å². The highest BCUT2D eigenvalue weighted by Gasteiger charge is 2.27. The number of nitrogens with zero attached hydrogens (tertiary/aromatic N) is 3. The molecular weight excluding hydrogens is 488 g/mol. The van der Waals surface area contributed by atoms with E-state index < -0.39 is 0 Å². The first kappa shape index (κ1) is 28.4. The number of hydrogen-bond acceptors (Lipinski definition) is 4. The van der Waals surface area contributed by atoms with E-state index in [4.69, 9.17) is 21.4 Å². The molecule has 0 saturated heterocycles. The van der Waals surface area contributed by atoms with Crippen LogP contribution in [0.2, 0.25) is 5.02 Å². The van der Waals surface area contributed by atoms with E-state index in [0.29, 0.717) is 42.5 Å². The van der Waals surface area contributed by atoms with Gasteiger partial charge in [0.1, 0.15) is 5.82 Å². The summed E-state index contributed by atoms with van der Waals surface area (Å²) in [6.07, 6.45) is 1.27. The molecule has 0 aliphatic rings. The molecule has 8 heteroatoms. The zero-order chi connectivity index (χ0) is 27.0. The largest absolute Gasteiger partial charge is 0.385 e. The van der Waals surface area contributed by atoms with Crippen molar-refractivity contribution in [2.75, 3.05) is 32.1 Å². The van der Waals surface area contributed by atoms with Gasteiger partial charge in [0.05, 0.1) is 28.9 Å². The third kappa shape index (κ3) is 7.43. The predicted octanol–water partition coefficient (Wildman–Crippen LogP) is 5.82. The Hall–Kier alpha value is -3.16. The van der Waals surface area contributed by atoms with Gasteiger partial charge in [-0.1, -0.05) is 81.8 Å². The molecule has 0 fully saturated rings. The van der Waals surface area contributed by atoms with Crippen LogP contribution in [0, 0.1) is 0 Å². The van der Waals surface area contributed by atoms with Gasteiger partial charge in [0, 0.05) is 31.7 Å². The van der Waals surface area contributed by atoms with Crippen LogP contribution in [-0.4, -0.2) is 53.3 Å². The molecule has 1 atom stereocenters. The molecule has 1 heterocycles. The number of nitrogens with one attached hydrogen (secondary N) is 1. The lowest BCUT2D eigenvalue weighted by molar-refractivity contribution is -0.136. The van der Waals surface area contributed by atoms with E-state index in [2.05, 4.69) is 26.1 Å². The second-order valence-corrected chi connectivity index (χ2v) is 10.5. The summed E-state index contributed by atoms with van der Waals surface area (Å²) >= 11 is 6.46.